The van der Waals surface area contributed by atoms with Crippen molar-refractivity contribution in [1.82, 2.24) is 15.0 Å². The molecule has 0 radical (unpaired) electrons. The van der Waals surface area contributed by atoms with Gasteiger partial charge < -0.3 is 10.7 Å². The van der Waals surface area contributed by atoms with Gasteiger partial charge in [-0.3, -0.25) is 4.98 Å². The van der Waals surface area contributed by atoms with Crippen LogP contribution in [0, 0.1) is 0 Å². The van der Waals surface area contributed by atoms with Gasteiger partial charge in [0.2, 0.25) is 0 Å². The summed E-state index contributed by atoms with van der Waals surface area (Å²) in [5.41, 5.74) is 9.37. The fraction of sp³-hybridized carbons (Fsp3) is 0.125. The summed E-state index contributed by atoms with van der Waals surface area (Å²) in [4.78, 5) is 11.8. The van der Waals surface area contributed by atoms with Gasteiger partial charge in [0.05, 0.1) is 17.9 Å². The Morgan fingerprint density at radius 2 is 1.90 bits per heavy atom. The monoisotopic (exact) mass is 264 g/mol. The van der Waals surface area contributed by atoms with Gasteiger partial charge >= 0.3 is 0 Å². The van der Waals surface area contributed by atoms with Crippen LogP contribution in [0.2, 0.25) is 0 Å². The Labute approximate surface area is 117 Å². The van der Waals surface area contributed by atoms with Gasteiger partial charge in [-0.2, -0.15) is 0 Å². The summed E-state index contributed by atoms with van der Waals surface area (Å²) in [6.45, 7) is 0. The average Bonchev–Trinajstić information content (AvgIpc) is 2.99. The molecule has 0 aliphatic heterocycles. The van der Waals surface area contributed by atoms with E-state index in [9.17, 15) is 0 Å². The Kier molecular flexibility index (Phi) is 3.56. The first-order valence-corrected chi connectivity index (χ1v) is 6.58. The first kappa shape index (κ1) is 12.6. The molecule has 0 aliphatic rings. The van der Waals surface area contributed by atoms with Crippen molar-refractivity contribution in [1.29, 1.82) is 0 Å². The molecule has 3 N–H and O–H groups in total. The number of aromatic amines is 1. The molecular weight excluding hydrogens is 248 g/mol. The van der Waals surface area contributed by atoms with Gasteiger partial charge in [0, 0.05) is 18.0 Å². The Hall–Kier alpha value is -2.46. The Balaban J connectivity index is 1.77. The third kappa shape index (κ3) is 2.75. The minimum atomic E-state index is -0.136. The van der Waals surface area contributed by atoms with Crippen LogP contribution in [0.25, 0.3) is 11.3 Å². The standard InChI is InChI=1S/C16H16N4/c17-14(9-12-5-2-1-3-6-12)16-19-11-15(20-16)13-7-4-8-18-10-13/h1-8,10-11,14H,9,17H2,(H,19,20). The normalized spacial score (nSPS) is 12.2. The highest BCUT2D eigenvalue weighted by Crippen LogP contribution is 2.19. The zero-order chi connectivity index (χ0) is 13.8. The second-order valence-corrected chi connectivity index (χ2v) is 4.72. The highest BCUT2D eigenvalue weighted by atomic mass is 15.0. The number of imidazole rings is 1. The molecule has 3 rings (SSSR count). The number of nitrogens with one attached hydrogen (secondary N) is 1. The molecule has 0 fully saturated rings. The fourth-order valence-electron chi connectivity index (χ4n) is 2.16. The van der Waals surface area contributed by atoms with E-state index in [1.54, 1.807) is 18.6 Å². The molecule has 0 aliphatic carbocycles. The molecular formula is C16H16N4. The van der Waals surface area contributed by atoms with Gasteiger partial charge in [0.25, 0.3) is 0 Å². The predicted molar refractivity (Wildman–Crippen MR) is 78.9 cm³/mol. The Morgan fingerprint density at radius 1 is 1.05 bits per heavy atom. The highest BCUT2D eigenvalue weighted by Gasteiger charge is 2.11. The first-order chi connectivity index (χ1) is 9.83. The predicted octanol–water partition coefficient (Wildman–Crippen LogP) is 2.71. The van der Waals surface area contributed by atoms with Crippen LogP contribution >= 0.6 is 0 Å². The Morgan fingerprint density at radius 3 is 2.65 bits per heavy atom. The first-order valence-electron chi connectivity index (χ1n) is 6.58. The maximum atomic E-state index is 6.21. The largest absolute Gasteiger partial charge is 0.341 e. The Bertz CT molecular complexity index is 661. The van der Waals surface area contributed by atoms with Crippen molar-refractivity contribution in [2.45, 2.75) is 12.5 Å². The quantitative estimate of drug-likeness (QED) is 0.761. The van der Waals surface area contributed by atoms with Crippen LogP contribution in [0.4, 0.5) is 0 Å². The number of benzene rings is 1. The van der Waals surface area contributed by atoms with E-state index in [2.05, 4.69) is 27.1 Å². The van der Waals surface area contributed by atoms with Crippen LogP contribution in [-0.2, 0) is 6.42 Å². The van der Waals surface area contributed by atoms with Crippen molar-refractivity contribution in [3.8, 4) is 11.3 Å². The number of nitrogens with zero attached hydrogens (tertiary/aromatic N) is 2. The molecule has 4 heteroatoms. The molecule has 2 aromatic heterocycles. The van der Waals surface area contributed by atoms with E-state index in [1.807, 2.05) is 30.3 Å². The summed E-state index contributed by atoms with van der Waals surface area (Å²) in [5, 5.41) is 0. The smallest absolute Gasteiger partial charge is 0.123 e. The molecule has 2 heterocycles. The molecule has 0 saturated heterocycles. The van der Waals surface area contributed by atoms with E-state index in [-0.39, 0.29) is 6.04 Å². The lowest BCUT2D eigenvalue weighted by Gasteiger charge is -2.08. The van der Waals surface area contributed by atoms with Gasteiger partial charge in [0.15, 0.2) is 0 Å². The van der Waals surface area contributed by atoms with E-state index in [4.69, 9.17) is 5.73 Å². The van der Waals surface area contributed by atoms with Gasteiger partial charge in [-0.15, -0.1) is 0 Å². The molecule has 0 bridgehead atoms. The zero-order valence-electron chi connectivity index (χ0n) is 11.0. The van der Waals surface area contributed by atoms with E-state index in [0.717, 1.165) is 23.5 Å². The van der Waals surface area contributed by atoms with Gasteiger partial charge in [-0.25, -0.2) is 4.98 Å². The number of hydrogen-bond donors (Lipinski definition) is 2. The maximum Gasteiger partial charge on any atom is 0.123 e. The van der Waals surface area contributed by atoms with Crippen molar-refractivity contribution in [2.24, 2.45) is 5.73 Å². The molecule has 0 saturated carbocycles. The number of rotatable bonds is 4. The van der Waals surface area contributed by atoms with Crippen molar-refractivity contribution in [3.05, 3.63) is 72.4 Å². The van der Waals surface area contributed by atoms with Crippen molar-refractivity contribution >= 4 is 0 Å². The van der Waals surface area contributed by atoms with E-state index in [0.29, 0.717) is 0 Å². The lowest BCUT2D eigenvalue weighted by atomic mass is 10.1. The zero-order valence-corrected chi connectivity index (χ0v) is 11.0. The molecule has 100 valence electrons. The summed E-state index contributed by atoms with van der Waals surface area (Å²) < 4.78 is 0. The van der Waals surface area contributed by atoms with E-state index >= 15 is 0 Å². The molecule has 20 heavy (non-hydrogen) atoms. The highest BCUT2D eigenvalue weighted by molar-refractivity contribution is 5.56. The van der Waals surface area contributed by atoms with E-state index in [1.165, 1.54) is 5.56 Å². The molecule has 0 spiro atoms. The van der Waals surface area contributed by atoms with Crippen molar-refractivity contribution in [3.63, 3.8) is 0 Å². The number of H-pyrrole nitrogens is 1. The molecule has 0 amide bonds. The number of aromatic nitrogens is 3. The summed E-state index contributed by atoms with van der Waals surface area (Å²) in [7, 11) is 0. The van der Waals surface area contributed by atoms with Gasteiger partial charge in [-0.1, -0.05) is 30.3 Å². The average molecular weight is 264 g/mol. The third-order valence-corrected chi connectivity index (χ3v) is 3.22. The molecule has 3 aromatic rings. The summed E-state index contributed by atoms with van der Waals surface area (Å²) >= 11 is 0. The summed E-state index contributed by atoms with van der Waals surface area (Å²) in [6, 6.07) is 13.9. The minimum Gasteiger partial charge on any atom is -0.341 e. The van der Waals surface area contributed by atoms with Crippen molar-refractivity contribution in [2.75, 3.05) is 0 Å². The van der Waals surface area contributed by atoms with Crippen LogP contribution < -0.4 is 5.73 Å². The lowest BCUT2D eigenvalue weighted by molar-refractivity contribution is 0.678. The second-order valence-electron chi connectivity index (χ2n) is 4.72. The number of pyridine rings is 1. The summed E-state index contributed by atoms with van der Waals surface area (Å²) in [6.07, 6.45) is 6.12. The van der Waals surface area contributed by atoms with Crippen LogP contribution in [0.3, 0.4) is 0 Å². The molecule has 1 aromatic carbocycles. The van der Waals surface area contributed by atoms with Crippen LogP contribution in [0.1, 0.15) is 17.4 Å². The van der Waals surface area contributed by atoms with E-state index < -0.39 is 0 Å². The van der Waals surface area contributed by atoms with Crippen LogP contribution in [-0.4, -0.2) is 15.0 Å². The maximum absolute atomic E-state index is 6.21. The third-order valence-electron chi connectivity index (χ3n) is 3.22. The molecule has 4 nitrogen and oxygen atoms in total. The van der Waals surface area contributed by atoms with Crippen LogP contribution in [0.15, 0.2) is 61.1 Å². The number of hydrogen-bond acceptors (Lipinski definition) is 3. The number of nitrogens with two attached hydrogens (primary N) is 1. The minimum absolute atomic E-state index is 0.136. The second kappa shape index (κ2) is 5.67. The lowest BCUT2D eigenvalue weighted by Crippen LogP contribution is -2.14. The van der Waals surface area contributed by atoms with Crippen molar-refractivity contribution < 1.29 is 0 Å². The molecule has 1 unspecified atom stereocenters. The molecule has 1 atom stereocenters. The SMILES string of the molecule is NC(Cc1ccccc1)c1ncc(-c2cccnc2)[nH]1. The van der Waals surface area contributed by atoms with Gasteiger partial charge in [-0.05, 0) is 24.1 Å². The fourth-order valence-corrected chi connectivity index (χ4v) is 2.16. The van der Waals surface area contributed by atoms with Gasteiger partial charge in [0.1, 0.15) is 5.82 Å². The van der Waals surface area contributed by atoms with Crippen LogP contribution in [0.5, 0.6) is 0 Å². The topological polar surface area (TPSA) is 67.6 Å². The summed E-state index contributed by atoms with van der Waals surface area (Å²) in [5.74, 6) is 0.799.